The van der Waals surface area contributed by atoms with E-state index in [9.17, 15) is 9.59 Å². The van der Waals surface area contributed by atoms with Gasteiger partial charge in [0.15, 0.2) is 0 Å². The Morgan fingerprint density at radius 2 is 2.05 bits per heavy atom. The largest absolute Gasteiger partial charge is 0.497 e. The minimum Gasteiger partial charge on any atom is -0.497 e. The van der Waals surface area contributed by atoms with Crippen molar-refractivity contribution in [1.29, 1.82) is 0 Å². The van der Waals surface area contributed by atoms with Crippen LogP contribution in [-0.2, 0) is 11.2 Å². The van der Waals surface area contributed by atoms with E-state index in [1.807, 2.05) is 31.2 Å². The van der Waals surface area contributed by atoms with Crippen molar-refractivity contribution >= 4 is 11.9 Å². The van der Waals surface area contributed by atoms with Gasteiger partial charge in [0.25, 0.3) is 0 Å². The minimum absolute atomic E-state index is 0.237. The van der Waals surface area contributed by atoms with E-state index in [2.05, 4.69) is 16.2 Å². The fourth-order valence-electron chi connectivity index (χ4n) is 1.56. The molecule has 3 N–H and O–H groups in total. The second-order valence-corrected chi connectivity index (χ2v) is 4.28. The highest BCUT2D eigenvalue weighted by Gasteiger charge is 2.04. The molecule has 6 nitrogen and oxygen atoms in total. The van der Waals surface area contributed by atoms with E-state index >= 15 is 0 Å². The number of carbonyl (C=O) groups is 2. The summed E-state index contributed by atoms with van der Waals surface area (Å²) in [4.78, 5) is 22.8. The molecule has 6 heteroatoms. The summed E-state index contributed by atoms with van der Waals surface area (Å²) >= 11 is 0. The zero-order chi connectivity index (χ0) is 14.8. The molecule has 1 rings (SSSR count). The average Bonchev–Trinajstić information content (AvgIpc) is 2.49. The summed E-state index contributed by atoms with van der Waals surface area (Å²) in [7, 11) is 1.60. The van der Waals surface area contributed by atoms with E-state index in [-0.39, 0.29) is 5.91 Å². The van der Waals surface area contributed by atoms with Crippen molar-refractivity contribution in [3.63, 3.8) is 0 Å². The van der Waals surface area contributed by atoms with Crippen LogP contribution in [0.5, 0.6) is 5.75 Å². The van der Waals surface area contributed by atoms with Gasteiger partial charge in [0.05, 0.1) is 7.11 Å². The second kappa shape index (κ2) is 8.79. The number of methoxy groups -OCH3 is 1. The topological polar surface area (TPSA) is 79.5 Å². The third kappa shape index (κ3) is 6.08. The molecule has 0 fully saturated rings. The molecular formula is C14H21N3O3. The molecule has 0 atom stereocenters. The predicted molar refractivity (Wildman–Crippen MR) is 76.3 cm³/mol. The first kappa shape index (κ1) is 15.8. The van der Waals surface area contributed by atoms with E-state index < -0.39 is 6.03 Å². The van der Waals surface area contributed by atoms with E-state index in [0.29, 0.717) is 19.4 Å². The molecular weight excluding hydrogens is 258 g/mol. The number of carbonyl (C=O) groups excluding carboxylic acids is 2. The molecule has 0 aliphatic rings. The van der Waals surface area contributed by atoms with Crippen LogP contribution >= 0.6 is 0 Å². The zero-order valence-electron chi connectivity index (χ0n) is 11.9. The molecule has 0 aliphatic heterocycles. The van der Waals surface area contributed by atoms with Gasteiger partial charge in [-0.25, -0.2) is 10.2 Å². The number of rotatable bonds is 6. The molecule has 0 saturated carbocycles. The number of amides is 3. The lowest BCUT2D eigenvalue weighted by atomic mass is 10.1. The Bertz CT molecular complexity index is 449. The number of aryl methyl sites for hydroxylation is 1. The highest BCUT2D eigenvalue weighted by Crippen LogP contribution is 2.13. The molecule has 110 valence electrons. The van der Waals surface area contributed by atoms with Crippen molar-refractivity contribution in [2.75, 3.05) is 13.7 Å². The molecule has 0 radical (unpaired) electrons. The number of hydrogen-bond acceptors (Lipinski definition) is 3. The van der Waals surface area contributed by atoms with Crippen LogP contribution in [-0.4, -0.2) is 25.6 Å². The Hall–Kier alpha value is -2.24. The van der Waals surface area contributed by atoms with Crippen molar-refractivity contribution in [2.45, 2.75) is 26.2 Å². The van der Waals surface area contributed by atoms with Crippen LogP contribution < -0.4 is 20.9 Å². The van der Waals surface area contributed by atoms with Crippen LogP contribution in [0.15, 0.2) is 24.3 Å². The normalized spacial score (nSPS) is 9.70. The summed E-state index contributed by atoms with van der Waals surface area (Å²) in [6.45, 7) is 2.53. The van der Waals surface area contributed by atoms with Gasteiger partial charge in [-0.05, 0) is 30.5 Å². The first-order valence-electron chi connectivity index (χ1n) is 6.61. The Morgan fingerprint density at radius 3 is 2.75 bits per heavy atom. The van der Waals surface area contributed by atoms with Crippen LogP contribution in [0.1, 0.15) is 25.3 Å². The van der Waals surface area contributed by atoms with Gasteiger partial charge in [-0.1, -0.05) is 19.1 Å². The molecule has 1 aromatic carbocycles. The fourth-order valence-corrected chi connectivity index (χ4v) is 1.56. The Labute approximate surface area is 118 Å². The Balaban J connectivity index is 2.27. The van der Waals surface area contributed by atoms with Crippen LogP contribution in [0.4, 0.5) is 4.79 Å². The molecule has 0 spiro atoms. The lowest BCUT2D eigenvalue weighted by Crippen LogP contribution is -2.47. The van der Waals surface area contributed by atoms with Crippen LogP contribution in [0.25, 0.3) is 0 Å². The maximum atomic E-state index is 11.6. The quantitative estimate of drug-likeness (QED) is 0.688. The van der Waals surface area contributed by atoms with Gasteiger partial charge >= 0.3 is 6.03 Å². The number of benzene rings is 1. The number of hydrogen-bond donors (Lipinski definition) is 3. The Kier molecular flexibility index (Phi) is 6.95. The van der Waals surface area contributed by atoms with Crippen molar-refractivity contribution < 1.29 is 14.3 Å². The number of hydrazine groups is 1. The summed E-state index contributed by atoms with van der Waals surface area (Å²) in [6, 6.07) is 7.14. The third-order valence-electron chi connectivity index (χ3n) is 2.63. The van der Waals surface area contributed by atoms with E-state index in [1.54, 1.807) is 7.11 Å². The maximum absolute atomic E-state index is 11.6. The zero-order valence-corrected chi connectivity index (χ0v) is 11.9. The first-order chi connectivity index (χ1) is 9.65. The molecule has 0 heterocycles. The highest BCUT2D eigenvalue weighted by atomic mass is 16.5. The first-order valence-corrected chi connectivity index (χ1v) is 6.61. The van der Waals surface area contributed by atoms with E-state index in [4.69, 9.17) is 4.74 Å². The molecule has 0 saturated heterocycles. The standard InChI is InChI=1S/C14H21N3O3/c1-3-9-15-14(19)17-16-13(18)8-7-11-5-4-6-12(10-11)20-2/h4-6,10H,3,7-9H2,1-2H3,(H,16,18)(H2,15,17,19). The van der Waals surface area contributed by atoms with Gasteiger partial charge < -0.3 is 10.1 Å². The van der Waals surface area contributed by atoms with Crippen LogP contribution in [0.2, 0.25) is 0 Å². The third-order valence-corrected chi connectivity index (χ3v) is 2.63. The smallest absolute Gasteiger partial charge is 0.333 e. The summed E-state index contributed by atoms with van der Waals surface area (Å²) in [5.41, 5.74) is 5.67. The molecule has 1 aromatic rings. The van der Waals surface area contributed by atoms with Crippen LogP contribution in [0, 0.1) is 0 Å². The SMILES string of the molecule is CCCNC(=O)NNC(=O)CCc1cccc(OC)c1. The summed E-state index contributed by atoms with van der Waals surface area (Å²) in [5, 5.41) is 2.60. The van der Waals surface area contributed by atoms with Crippen molar-refractivity contribution in [2.24, 2.45) is 0 Å². The lowest BCUT2D eigenvalue weighted by molar-refractivity contribution is -0.121. The van der Waals surface area contributed by atoms with Crippen LogP contribution in [0.3, 0.4) is 0 Å². The van der Waals surface area contributed by atoms with E-state index in [0.717, 1.165) is 17.7 Å². The van der Waals surface area contributed by atoms with Crippen molar-refractivity contribution in [3.8, 4) is 5.75 Å². The maximum Gasteiger partial charge on any atom is 0.333 e. The lowest BCUT2D eigenvalue weighted by Gasteiger charge is -2.08. The van der Waals surface area contributed by atoms with Gasteiger partial charge in [0.2, 0.25) is 5.91 Å². The summed E-state index contributed by atoms with van der Waals surface area (Å²) in [6.07, 6.45) is 1.72. The van der Waals surface area contributed by atoms with Crippen molar-refractivity contribution in [1.82, 2.24) is 16.2 Å². The summed E-state index contributed by atoms with van der Waals surface area (Å²) < 4.78 is 5.11. The molecule has 20 heavy (non-hydrogen) atoms. The van der Waals surface area contributed by atoms with Gasteiger partial charge in [-0.2, -0.15) is 0 Å². The molecule has 0 aliphatic carbocycles. The predicted octanol–water partition coefficient (Wildman–Crippen LogP) is 1.37. The van der Waals surface area contributed by atoms with E-state index in [1.165, 1.54) is 0 Å². The number of ether oxygens (including phenoxy) is 1. The summed E-state index contributed by atoms with van der Waals surface area (Å²) in [5.74, 6) is 0.527. The van der Waals surface area contributed by atoms with Gasteiger partial charge in [-0.3, -0.25) is 10.2 Å². The van der Waals surface area contributed by atoms with Gasteiger partial charge in [-0.15, -0.1) is 0 Å². The number of nitrogens with one attached hydrogen (secondary N) is 3. The molecule has 0 unspecified atom stereocenters. The minimum atomic E-state index is -0.401. The second-order valence-electron chi connectivity index (χ2n) is 4.28. The number of urea groups is 1. The molecule has 0 bridgehead atoms. The Morgan fingerprint density at radius 1 is 1.25 bits per heavy atom. The molecule has 3 amide bonds. The van der Waals surface area contributed by atoms with Gasteiger partial charge in [0.1, 0.15) is 5.75 Å². The highest BCUT2D eigenvalue weighted by molar-refractivity contribution is 5.81. The fraction of sp³-hybridized carbons (Fsp3) is 0.429. The van der Waals surface area contributed by atoms with Crippen molar-refractivity contribution in [3.05, 3.63) is 29.8 Å². The average molecular weight is 279 g/mol. The monoisotopic (exact) mass is 279 g/mol. The molecule has 0 aromatic heterocycles. The van der Waals surface area contributed by atoms with Gasteiger partial charge in [0, 0.05) is 13.0 Å².